The van der Waals surface area contributed by atoms with Crippen LogP contribution < -0.4 is 0 Å². The van der Waals surface area contributed by atoms with Crippen molar-refractivity contribution in [3.05, 3.63) is 16.6 Å². The number of hydrogen-bond donors (Lipinski definition) is 0. The van der Waals surface area contributed by atoms with Crippen LogP contribution in [-0.2, 0) is 6.42 Å². The van der Waals surface area contributed by atoms with Crippen LogP contribution >= 0.6 is 27.3 Å². The zero-order chi connectivity index (χ0) is 8.81. The van der Waals surface area contributed by atoms with E-state index in [0.717, 1.165) is 0 Å². The molecular formula is C9H14BrNS. The molecule has 0 aliphatic rings. The summed E-state index contributed by atoms with van der Waals surface area (Å²) in [6.07, 6.45) is 6.91. The van der Waals surface area contributed by atoms with Gasteiger partial charge in [-0.1, -0.05) is 29.3 Å². The zero-order valence-electron chi connectivity index (χ0n) is 7.29. The Labute approximate surface area is 86.3 Å². The molecule has 12 heavy (non-hydrogen) atoms. The maximum Gasteiger partial charge on any atom is 0.0794 e. The molecule has 0 N–H and O–H groups in total. The van der Waals surface area contributed by atoms with Crippen LogP contribution in [0, 0.1) is 0 Å². The normalized spacial score (nSPS) is 13.2. The van der Waals surface area contributed by atoms with Gasteiger partial charge in [-0.25, -0.2) is 0 Å². The Balaban J connectivity index is 2.17. The van der Waals surface area contributed by atoms with Gasteiger partial charge in [0.2, 0.25) is 0 Å². The lowest BCUT2D eigenvalue weighted by Crippen LogP contribution is -1.98. The molecule has 0 amide bonds. The minimum atomic E-state index is 0.685. The lowest BCUT2D eigenvalue weighted by Gasteiger charge is -2.05. The Morgan fingerprint density at radius 3 is 3.00 bits per heavy atom. The minimum absolute atomic E-state index is 0.685. The lowest BCUT2D eigenvalue weighted by atomic mass is 10.1. The van der Waals surface area contributed by atoms with Gasteiger partial charge in [0.25, 0.3) is 0 Å². The molecular weight excluding hydrogens is 234 g/mol. The molecule has 1 atom stereocenters. The second-order valence-electron chi connectivity index (χ2n) is 2.89. The van der Waals surface area contributed by atoms with Gasteiger partial charge in [-0.15, -0.1) is 11.3 Å². The standard InChI is InChI=1S/C9H14BrNS/c1-2-3-8(10)4-5-9-6-11-7-12-9/h6-8H,2-5H2,1H3. The molecule has 1 heterocycles. The summed E-state index contributed by atoms with van der Waals surface area (Å²) < 4.78 is 0. The van der Waals surface area contributed by atoms with Crippen molar-refractivity contribution < 1.29 is 0 Å². The summed E-state index contributed by atoms with van der Waals surface area (Å²) in [6, 6.07) is 0. The first-order valence-electron chi connectivity index (χ1n) is 4.34. The van der Waals surface area contributed by atoms with Gasteiger partial charge in [0.15, 0.2) is 0 Å². The van der Waals surface area contributed by atoms with Gasteiger partial charge in [-0.2, -0.15) is 0 Å². The van der Waals surface area contributed by atoms with E-state index in [1.165, 1.54) is 30.6 Å². The van der Waals surface area contributed by atoms with Crippen LogP contribution in [0.5, 0.6) is 0 Å². The Morgan fingerprint density at radius 1 is 1.58 bits per heavy atom. The lowest BCUT2D eigenvalue weighted by molar-refractivity contribution is 0.696. The van der Waals surface area contributed by atoms with E-state index in [-0.39, 0.29) is 0 Å². The van der Waals surface area contributed by atoms with Crippen molar-refractivity contribution in [2.45, 2.75) is 37.4 Å². The van der Waals surface area contributed by atoms with E-state index >= 15 is 0 Å². The van der Waals surface area contributed by atoms with Gasteiger partial charge in [0, 0.05) is 15.9 Å². The summed E-state index contributed by atoms with van der Waals surface area (Å²) in [4.78, 5) is 6.13. The molecule has 0 saturated heterocycles. The second kappa shape index (κ2) is 5.70. The molecule has 68 valence electrons. The van der Waals surface area contributed by atoms with Crippen LogP contribution in [0.1, 0.15) is 31.1 Å². The van der Waals surface area contributed by atoms with Crippen LogP contribution in [0.25, 0.3) is 0 Å². The summed E-state index contributed by atoms with van der Waals surface area (Å²) in [5.41, 5.74) is 1.90. The average molecular weight is 248 g/mol. The van der Waals surface area contributed by atoms with Crippen molar-refractivity contribution in [3.8, 4) is 0 Å². The fraction of sp³-hybridized carbons (Fsp3) is 0.667. The first kappa shape index (κ1) is 10.2. The fourth-order valence-electron chi connectivity index (χ4n) is 1.12. The molecule has 1 rings (SSSR count). The van der Waals surface area contributed by atoms with Crippen molar-refractivity contribution in [2.75, 3.05) is 0 Å². The van der Waals surface area contributed by atoms with Crippen LogP contribution in [0.2, 0.25) is 0 Å². The molecule has 1 aromatic rings. The highest BCUT2D eigenvalue weighted by atomic mass is 79.9. The Morgan fingerprint density at radius 2 is 2.42 bits per heavy atom. The van der Waals surface area contributed by atoms with Gasteiger partial charge in [-0.05, 0) is 19.3 Å². The first-order chi connectivity index (χ1) is 5.83. The number of nitrogens with zero attached hydrogens (tertiary/aromatic N) is 1. The molecule has 1 nitrogen and oxygen atoms in total. The summed E-state index contributed by atoms with van der Waals surface area (Å²) in [6.45, 7) is 2.22. The number of halogens is 1. The first-order valence-corrected chi connectivity index (χ1v) is 6.14. The van der Waals surface area contributed by atoms with Crippen molar-refractivity contribution in [1.29, 1.82) is 0 Å². The summed E-state index contributed by atoms with van der Waals surface area (Å²) in [7, 11) is 0. The van der Waals surface area contributed by atoms with E-state index < -0.39 is 0 Å². The monoisotopic (exact) mass is 247 g/mol. The average Bonchev–Trinajstić information content (AvgIpc) is 2.53. The van der Waals surface area contributed by atoms with E-state index in [2.05, 4.69) is 27.8 Å². The van der Waals surface area contributed by atoms with Crippen LogP contribution in [-0.4, -0.2) is 9.81 Å². The maximum atomic E-state index is 4.05. The molecule has 0 spiro atoms. The molecule has 3 heteroatoms. The van der Waals surface area contributed by atoms with E-state index in [1.807, 2.05) is 11.7 Å². The molecule has 1 unspecified atom stereocenters. The predicted molar refractivity (Wildman–Crippen MR) is 58.1 cm³/mol. The molecule has 0 aliphatic heterocycles. The highest BCUT2D eigenvalue weighted by molar-refractivity contribution is 9.09. The van der Waals surface area contributed by atoms with Gasteiger partial charge >= 0.3 is 0 Å². The molecule has 1 aromatic heterocycles. The molecule has 0 radical (unpaired) electrons. The summed E-state index contributed by atoms with van der Waals surface area (Å²) >= 11 is 5.42. The molecule has 0 aliphatic carbocycles. The third-order valence-corrected chi connectivity index (χ3v) is 3.54. The number of hydrogen-bond acceptors (Lipinski definition) is 2. The number of alkyl halides is 1. The van der Waals surface area contributed by atoms with Crippen LogP contribution in [0.15, 0.2) is 11.7 Å². The minimum Gasteiger partial charge on any atom is -0.253 e. The number of aromatic nitrogens is 1. The number of aryl methyl sites for hydroxylation is 1. The predicted octanol–water partition coefficient (Wildman–Crippen LogP) is 3.64. The van der Waals surface area contributed by atoms with Crippen LogP contribution in [0.3, 0.4) is 0 Å². The topological polar surface area (TPSA) is 12.9 Å². The molecule has 0 saturated carbocycles. The largest absolute Gasteiger partial charge is 0.253 e. The zero-order valence-corrected chi connectivity index (χ0v) is 9.70. The van der Waals surface area contributed by atoms with E-state index in [4.69, 9.17) is 0 Å². The number of rotatable bonds is 5. The summed E-state index contributed by atoms with van der Waals surface area (Å²) in [5, 5.41) is 0. The van der Waals surface area contributed by atoms with Crippen molar-refractivity contribution in [3.63, 3.8) is 0 Å². The maximum absolute atomic E-state index is 4.05. The SMILES string of the molecule is CCCC(Br)CCc1cncs1. The van der Waals surface area contributed by atoms with Crippen molar-refractivity contribution in [1.82, 2.24) is 4.98 Å². The smallest absolute Gasteiger partial charge is 0.0794 e. The van der Waals surface area contributed by atoms with E-state index in [0.29, 0.717) is 4.83 Å². The highest BCUT2D eigenvalue weighted by Gasteiger charge is 2.03. The van der Waals surface area contributed by atoms with Gasteiger partial charge < -0.3 is 0 Å². The molecule has 0 aromatic carbocycles. The third kappa shape index (κ3) is 3.68. The van der Waals surface area contributed by atoms with E-state index in [1.54, 1.807) is 11.3 Å². The molecule has 0 bridgehead atoms. The van der Waals surface area contributed by atoms with Crippen molar-refractivity contribution >= 4 is 27.3 Å². The van der Waals surface area contributed by atoms with Crippen LogP contribution in [0.4, 0.5) is 0 Å². The van der Waals surface area contributed by atoms with Gasteiger partial charge in [0.05, 0.1) is 5.51 Å². The number of thiazole rings is 1. The fourth-order valence-corrected chi connectivity index (χ4v) is 2.42. The Kier molecular flexibility index (Phi) is 4.84. The Bertz CT molecular complexity index is 198. The third-order valence-electron chi connectivity index (χ3n) is 1.79. The molecule has 0 fully saturated rings. The Hall–Kier alpha value is 0.110. The summed E-state index contributed by atoms with van der Waals surface area (Å²) in [5.74, 6) is 0. The second-order valence-corrected chi connectivity index (χ2v) is 5.16. The quantitative estimate of drug-likeness (QED) is 0.725. The van der Waals surface area contributed by atoms with Gasteiger partial charge in [-0.3, -0.25) is 4.98 Å². The van der Waals surface area contributed by atoms with Crippen molar-refractivity contribution in [2.24, 2.45) is 0 Å². The van der Waals surface area contributed by atoms with E-state index in [9.17, 15) is 0 Å². The van der Waals surface area contributed by atoms with Gasteiger partial charge in [0.1, 0.15) is 0 Å². The highest BCUT2D eigenvalue weighted by Crippen LogP contribution is 2.17.